The lowest BCUT2D eigenvalue weighted by atomic mass is 10.0. The Kier molecular flexibility index (Phi) is 5.66. The van der Waals surface area contributed by atoms with Crippen LogP contribution < -0.4 is 5.32 Å². The van der Waals surface area contributed by atoms with Gasteiger partial charge in [0.25, 0.3) is 0 Å². The van der Waals surface area contributed by atoms with Gasteiger partial charge >= 0.3 is 5.97 Å². The fourth-order valence-electron chi connectivity index (χ4n) is 2.29. The van der Waals surface area contributed by atoms with Crippen molar-refractivity contribution < 1.29 is 9.53 Å². The van der Waals surface area contributed by atoms with Gasteiger partial charge < -0.3 is 10.1 Å². The van der Waals surface area contributed by atoms with E-state index in [1.165, 1.54) is 0 Å². The minimum atomic E-state index is -0.426. The molecular weight excluding hydrogens is 314 g/mol. The molecule has 1 heterocycles. The molecule has 0 spiro atoms. The van der Waals surface area contributed by atoms with Crippen molar-refractivity contribution in [1.82, 2.24) is 9.78 Å². The second-order valence-corrected chi connectivity index (χ2v) is 6.04. The van der Waals surface area contributed by atoms with Crippen LogP contribution in [-0.2, 0) is 16.6 Å². The van der Waals surface area contributed by atoms with Crippen LogP contribution in [0.4, 0.5) is 5.82 Å². The van der Waals surface area contributed by atoms with E-state index in [0.717, 1.165) is 17.1 Å². The van der Waals surface area contributed by atoms with Crippen LogP contribution >= 0.6 is 11.6 Å². The molecule has 0 saturated carbocycles. The number of aromatic nitrogens is 2. The average molecular weight is 336 g/mol. The zero-order valence-corrected chi connectivity index (χ0v) is 14.6. The summed E-state index contributed by atoms with van der Waals surface area (Å²) in [4.78, 5) is 12.1. The molecule has 0 saturated heterocycles. The molecule has 0 radical (unpaired) electrons. The number of nitrogens with zero attached hydrogens (tertiary/aromatic N) is 2. The molecule has 0 aliphatic rings. The van der Waals surface area contributed by atoms with Gasteiger partial charge in [0, 0.05) is 18.7 Å². The molecule has 0 fully saturated rings. The first-order chi connectivity index (χ1) is 10.9. The van der Waals surface area contributed by atoms with Crippen molar-refractivity contribution in [3.05, 3.63) is 35.4 Å². The third kappa shape index (κ3) is 4.05. The van der Waals surface area contributed by atoms with E-state index in [0.29, 0.717) is 11.6 Å². The summed E-state index contributed by atoms with van der Waals surface area (Å²) in [5, 5.41) is 8.34. The standard InChI is InChI=1S/C17H22ClN3O2/c1-5-23-17(22)16(11(2)3)19-15-10-14(20-21(15)4)12-8-6-7-9-13(12)18/h6-11,16,19H,5H2,1-4H3. The molecule has 1 aromatic carbocycles. The highest BCUT2D eigenvalue weighted by Crippen LogP contribution is 2.28. The number of carbonyl (C=O) groups excluding carboxylic acids is 1. The Morgan fingerprint density at radius 2 is 2.09 bits per heavy atom. The molecule has 0 bridgehead atoms. The molecule has 0 aliphatic carbocycles. The second kappa shape index (κ2) is 7.51. The summed E-state index contributed by atoms with van der Waals surface area (Å²) in [5.74, 6) is 0.572. The first-order valence-electron chi connectivity index (χ1n) is 7.66. The minimum Gasteiger partial charge on any atom is -0.464 e. The predicted molar refractivity (Wildman–Crippen MR) is 92.5 cm³/mol. The SMILES string of the molecule is CCOC(=O)C(Nc1cc(-c2ccccc2Cl)nn1C)C(C)C. The van der Waals surface area contributed by atoms with Crippen molar-refractivity contribution in [2.45, 2.75) is 26.8 Å². The molecule has 124 valence electrons. The lowest BCUT2D eigenvalue weighted by Crippen LogP contribution is -2.36. The van der Waals surface area contributed by atoms with E-state index in [4.69, 9.17) is 16.3 Å². The predicted octanol–water partition coefficient (Wildman–Crippen LogP) is 3.74. The second-order valence-electron chi connectivity index (χ2n) is 5.64. The average Bonchev–Trinajstić information content (AvgIpc) is 2.86. The smallest absolute Gasteiger partial charge is 0.328 e. The third-order valence-corrected chi connectivity index (χ3v) is 3.87. The zero-order valence-electron chi connectivity index (χ0n) is 13.8. The lowest BCUT2D eigenvalue weighted by molar-refractivity contribution is -0.145. The zero-order chi connectivity index (χ0) is 17.0. The molecule has 1 atom stereocenters. The summed E-state index contributed by atoms with van der Waals surface area (Å²) in [6, 6.07) is 9.00. The highest BCUT2D eigenvalue weighted by atomic mass is 35.5. The summed E-state index contributed by atoms with van der Waals surface area (Å²) in [5.41, 5.74) is 1.61. The molecule has 2 aromatic rings. The van der Waals surface area contributed by atoms with E-state index in [2.05, 4.69) is 10.4 Å². The fraction of sp³-hybridized carbons (Fsp3) is 0.412. The van der Waals surface area contributed by atoms with Crippen molar-refractivity contribution in [2.75, 3.05) is 11.9 Å². The number of anilines is 1. The fourth-order valence-corrected chi connectivity index (χ4v) is 2.52. The molecule has 23 heavy (non-hydrogen) atoms. The van der Waals surface area contributed by atoms with Gasteiger partial charge in [-0.2, -0.15) is 5.10 Å². The number of rotatable bonds is 6. The Bertz CT molecular complexity index is 682. The van der Waals surface area contributed by atoms with Gasteiger partial charge in [0.05, 0.1) is 17.3 Å². The molecule has 1 N–H and O–H groups in total. The summed E-state index contributed by atoms with van der Waals surface area (Å²) >= 11 is 6.22. The number of carbonyl (C=O) groups is 1. The van der Waals surface area contributed by atoms with Gasteiger partial charge in [0.2, 0.25) is 0 Å². The first-order valence-corrected chi connectivity index (χ1v) is 8.04. The van der Waals surface area contributed by atoms with E-state index < -0.39 is 6.04 Å². The topological polar surface area (TPSA) is 56.1 Å². The Hall–Kier alpha value is -2.01. The van der Waals surface area contributed by atoms with Crippen molar-refractivity contribution in [3.8, 4) is 11.3 Å². The van der Waals surface area contributed by atoms with E-state index >= 15 is 0 Å². The van der Waals surface area contributed by atoms with E-state index in [1.807, 2.05) is 51.2 Å². The number of ether oxygens (including phenoxy) is 1. The van der Waals surface area contributed by atoms with Crippen LogP contribution in [0.25, 0.3) is 11.3 Å². The summed E-state index contributed by atoms with van der Waals surface area (Å²) in [6.45, 7) is 6.11. The molecule has 0 aliphatic heterocycles. The Morgan fingerprint density at radius 3 is 2.70 bits per heavy atom. The third-order valence-electron chi connectivity index (χ3n) is 3.54. The Labute approximate surface area is 141 Å². The van der Waals surface area contributed by atoms with Crippen molar-refractivity contribution >= 4 is 23.4 Å². The van der Waals surface area contributed by atoms with Crippen LogP contribution in [0.3, 0.4) is 0 Å². The van der Waals surface area contributed by atoms with Gasteiger partial charge in [-0.1, -0.05) is 43.6 Å². The van der Waals surface area contributed by atoms with Crippen LogP contribution in [-0.4, -0.2) is 28.4 Å². The number of hydrogen-bond acceptors (Lipinski definition) is 4. The first kappa shape index (κ1) is 17.3. The summed E-state index contributed by atoms with van der Waals surface area (Å²) < 4.78 is 6.84. The van der Waals surface area contributed by atoms with E-state index in [-0.39, 0.29) is 11.9 Å². The van der Waals surface area contributed by atoms with Gasteiger partial charge in [0.1, 0.15) is 11.9 Å². The van der Waals surface area contributed by atoms with Crippen molar-refractivity contribution in [3.63, 3.8) is 0 Å². The van der Waals surface area contributed by atoms with Crippen LogP contribution in [0.2, 0.25) is 5.02 Å². The molecule has 1 aromatic heterocycles. The van der Waals surface area contributed by atoms with Crippen LogP contribution in [0.5, 0.6) is 0 Å². The van der Waals surface area contributed by atoms with Gasteiger partial charge in [0.15, 0.2) is 0 Å². The quantitative estimate of drug-likeness (QED) is 0.817. The monoisotopic (exact) mass is 335 g/mol. The van der Waals surface area contributed by atoms with E-state index in [1.54, 1.807) is 11.6 Å². The molecular formula is C17H22ClN3O2. The normalized spacial score (nSPS) is 12.3. The number of benzene rings is 1. The van der Waals surface area contributed by atoms with Gasteiger partial charge in [-0.25, -0.2) is 4.79 Å². The van der Waals surface area contributed by atoms with Crippen molar-refractivity contribution in [1.29, 1.82) is 0 Å². The van der Waals surface area contributed by atoms with Crippen molar-refractivity contribution in [2.24, 2.45) is 13.0 Å². The molecule has 2 rings (SSSR count). The molecule has 1 unspecified atom stereocenters. The highest BCUT2D eigenvalue weighted by molar-refractivity contribution is 6.33. The van der Waals surface area contributed by atoms with E-state index in [9.17, 15) is 4.79 Å². The van der Waals surface area contributed by atoms with Gasteiger partial charge in [-0.3, -0.25) is 4.68 Å². The highest BCUT2D eigenvalue weighted by Gasteiger charge is 2.24. The Morgan fingerprint density at radius 1 is 1.39 bits per heavy atom. The number of esters is 1. The van der Waals surface area contributed by atoms with Gasteiger partial charge in [-0.05, 0) is 18.9 Å². The minimum absolute atomic E-state index is 0.0905. The maximum Gasteiger partial charge on any atom is 0.328 e. The molecule has 6 heteroatoms. The van der Waals surface area contributed by atoms with Gasteiger partial charge in [-0.15, -0.1) is 0 Å². The molecule has 5 nitrogen and oxygen atoms in total. The number of halogens is 1. The summed E-state index contributed by atoms with van der Waals surface area (Å²) in [6.07, 6.45) is 0. The summed E-state index contributed by atoms with van der Waals surface area (Å²) in [7, 11) is 1.82. The van der Waals surface area contributed by atoms with Crippen LogP contribution in [0.15, 0.2) is 30.3 Å². The number of hydrogen-bond donors (Lipinski definition) is 1. The van der Waals surface area contributed by atoms with Crippen LogP contribution in [0, 0.1) is 5.92 Å². The number of aryl methyl sites for hydroxylation is 1. The maximum absolute atomic E-state index is 12.1. The molecule has 0 amide bonds. The number of nitrogens with one attached hydrogen (secondary N) is 1. The lowest BCUT2D eigenvalue weighted by Gasteiger charge is -2.21. The Balaban J connectivity index is 2.27. The maximum atomic E-state index is 12.1. The largest absolute Gasteiger partial charge is 0.464 e. The van der Waals surface area contributed by atoms with Crippen LogP contribution in [0.1, 0.15) is 20.8 Å².